The van der Waals surface area contributed by atoms with Crippen molar-refractivity contribution in [3.05, 3.63) is 34.4 Å². The van der Waals surface area contributed by atoms with Gasteiger partial charge in [0.2, 0.25) is 5.91 Å². The van der Waals surface area contributed by atoms with Gasteiger partial charge in [-0.3, -0.25) is 19.4 Å². The molecule has 0 saturated heterocycles. The minimum atomic E-state index is -0.111. The van der Waals surface area contributed by atoms with Gasteiger partial charge in [-0.05, 0) is 46.6 Å². The van der Waals surface area contributed by atoms with Crippen LogP contribution in [0.4, 0.5) is 0 Å². The summed E-state index contributed by atoms with van der Waals surface area (Å²) in [4.78, 5) is 26.1. The number of hydrogen-bond acceptors (Lipinski definition) is 4. The molecule has 1 unspecified atom stereocenters. The molecule has 2 heterocycles. The maximum atomic E-state index is 12.6. The third-order valence-electron chi connectivity index (χ3n) is 5.04. The third kappa shape index (κ3) is 3.71. The first-order chi connectivity index (χ1) is 12.3. The first-order valence-corrected chi connectivity index (χ1v) is 9.12. The number of aromatic amines is 1. The summed E-state index contributed by atoms with van der Waals surface area (Å²) in [6.45, 7) is 7.73. The number of amides is 1. The molecular weight excluding hydrogens is 330 g/mol. The standard InChI is InChI=1S/C19H27N5O2/c1-11(24-13(3)19(14(4)25)12(2)22-24)8-18(26)23(5)10-16-9-17(21-20-16)15-6-7-15/h9,11,15H,6-8,10H2,1-5H3,(H,20,21). The molecule has 7 heteroatoms. The molecule has 1 N–H and O–H groups in total. The predicted molar refractivity (Wildman–Crippen MR) is 98.1 cm³/mol. The number of ketones is 1. The van der Waals surface area contributed by atoms with E-state index < -0.39 is 0 Å². The first-order valence-electron chi connectivity index (χ1n) is 9.12. The number of aryl methyl sites for hydroxylation is 1. The maximum absolute atomic E-state index is 12.6. The predicted octanol–water partition coefficient (Wildman–Crippen LogP) is 2.91. The summed E-state index contributed by atoms with van der Waals surface area (Å²) in [7, 11) is 1.80. The Labute approximate surface area is 153 Å². The van der Waals surface area contributed by atoms with Crippen LogP contribution in [0.3, 0.4) is 0 Å². The molecular formula is C19H27N5O2. The Kier molecular flexibility index (Phi) is 4.98. The average molecular weight is 357 g/mol. The van der Waals surface area contributed by atoms with Crippen molar-refractivity contribution in [3.8, 4) is 0 Å². The van der Waals surface area contributed by atoms with E-state index in [1.807, 2.05) is 20.8 Å². The fraction of sp³-hybridized carbons (Fsp3) is 0.579. The Morgan fingerprint density at radius 3 is 2.65 bits per heavy atom. The Hall–Kier alpha value is -2.44. The maximum Gasteiger partial charge on any atom is 0.224 e. The highest BCUT2D eigenvalue weighted by Crippen LogP contribution is 2.39. The molecule has 1 saturated carbocycles. The molecule has 1 atom stereocenters. The van der Waals surface area contributed by atoms with Gasteiger partial charge in [-0.25, -0.2) is 0 Å². The Morgan fingerprint density at radius 2 is 2.08 bits per heavy atom. The highest BCUT2D eigenvalue weighted by molar-refractivity contribution is 5.96. The molecule has 2 aromatic rings. The van der Waals surface area contributed by atoms with E-state index in [0.29, 0.717) is 30.1 Å². The minimum absolute atomic E-state index is 0.00704. The number of H-pyrrole nitrogens is 1. The number of rotatable bonds is 7. The summed E-state index contributed by atoms with van der Waals surface area (Å²) in [5.41, 5.74) is 4.25. The van der Waals surface area contributed by atoms with Gasteiger partial charge in [0.25, 0.3) is 0 Å². The van der Waals surface area contributed by atoms with Crippen LogP contribution in [0.25, 0.3) is 0 Å². The van der Waals surface area contributed by atoms with Gasteiger partial charge in [0.05, 0.1) is 35.2 Å². The normalized spacial score (nSPS) is 15.1. The number of aromatic nitrogens is 4. The fourth-order valence-electron chi connectivity index (χ4n) is 3.49. The van der Waals surface area contributed by atoms with E-state index in [0.717, 1.165) is 17.1 Å². The number of carbonyl (C=O) groups excluding carboxylic acids is 2. The van der Waals surface area contributed by atoms with Crippen LogP contribution in [0.15, 0.2) is 6.07 Å². The SMILES string of the molecule is CC(=O)c1c(C)nn(C(C)CC(=O)N(C)Cc2cc(C3CC3)n[nH]2)c1C. The van der Waals surface area contributed by atoms with Crippen LogP contribution >= 0.6 is 0 Å². The Balaban J connectivity index is 1.62. The van der Waals surface area contributed by atoms with Crippen molar-refractivity contribution in [2.24, 2.45) is 0 Å². The number of Topliss-reactive ketones (excluding diaryl/α,β-unsaturated/α-hetero) is 1. The Morgan fingerprint density at radius 1 is 1.38 bits per heavy atom. The second-order valence-electron chi connectivity index (χ2n) is 7.44. The summed E-state index contributed by atoms with van der Waals surface area (Å²) in [5, 5.41) is 11.8. The summed E-state index contributed by atoms with van der Waals surface area (Å²) < 4.78 is 1.79. The lowest BCUT2D eigenvalue weighted by atomic mass is 10.1. The van der Waals surface area contributed by atoms with E-state index >= 15 is 0 Å². The van der Waals surface area contributed by atoms with Crippen molar-refractivity contribution < 1.29 is 9.59 Å². The van der Waals surface area contributed by atoms with Crippen LogP contribution in [-0.2, 0) is 11.3 Å². The van der Waals surface area contributed by atoms with Crippen LogP contribution < -0.4 is 0 Å². The van der Waals surface area contributed by atoms with E-state index in [1.54, 1.807) is 23.6 Å². The fourth-order valence-corrected chi connectivity index (χ4v) is 3.49. The molecule has 0 radical (unpaired) electrons. The minimum Gasteiger partial charge on any atom is -0.340 e. The van der Waals surface area contributed by atoms with Gasteiger partial charge in [-0.1, -0.05) is 0 Å². The molecule has 1 fully saturated rings. The molecule has 0 spiro atoms. The highest BCUT2D eigenvalue weighted by Gasteiger charge is 2.26. The number of nitrogens with one attached hydrogen (secondary N) is 1. The summed E-state index contributed by atoms with van der Waals surface area (Å²) >= 11 is 0. The topological polar surface area (TPSA) is 83.9 Å². The number of hydrogen-bond donors (Lipinski definition) is 1. The Bertz CT molecular complexity index is 831. The van der Waals surface area contributed by atoms with Crippen LogP contribution in [0.2, 0.25) is 0 Å². The summed E-state index contributed by atoms with van der Waals surface area (Å²) in [5.74, 6) is 0.645. The monoisotopic (exact) mass is 357 g/mol. The van der Waals surface area contributed by atoms with Crippen LogP contribution in [-0.4, -0.2) is 43.6 Å². The average Bonchev–Trinajstić information content (AvgIpc) is 3.23. The molecule has 2 aromatic heterocycles. The molecule has 0 aromatic carbocycles. The number of nitrogens with zero attached hydrogens (tertiary/aromatic N) is 4. The number of carbonyl (C=O) groups is 2. The van der Waals surface area contributed by atoms with E-state index in [4.69, 9.17) is 0 Å². The van der Waals surface area contributed by atoms with Gasteiger partial charge < -0.3 is 4.90 Å². The second kappa shape index (κ2) is 7.05. The summed E-state index contributed by atoms with van der Waals surface area (Å²) in [6, 6.07) is 1.95. The van der Waals surface area contributed by atoms with Crippen molar-refractivity contribution in [2.75, 3.05) is 7.05 Å². The molecule has 1 aliphatic rings. The molecule has 1 amide bonds. The van der Waals surface area contributed by atoms with Gasteiger partial charge >= 0.3 is 0 Å². The molecule has 7 nitrogen and oxygen atoms in total. The van der Waals surface area contributed by atoms with Gasteiger partial charge in [-0.2, -0.15) is 10.2 Å². The lowest BCUT2D eigenvalue weighted by Gasteiger charge is -2.20. The van der Waals surface area contributed by atoms with Crippen molar-refractivity contribution in [2.45, 2.75) is 65.5 Å². The smallest absolute Gasteiger partial charge is 0.224 e. The van der Waals surface area contributed by atoms with Crippen LogP contribution in [0.5, 0.6) is 0 Å². The van der Waals surface area contributed by atoms with E-state index in [-0.39, 0.29) is 17.7 Å². The van der Waals surface area contributed by atoms with Gasteiger partial charge in [0.15, 0.2) is 5.78 Å². The lowest BCUT2D eigenvalue weighted by Crippen LogP contribution is -2.28. The third-order valence-corrected chi connectivity index (χ3v) is 5.04. The lowest BCUT2D eigenvalue weighted by molar-refractivity contribution is -0.131. The molecule has 0 bridgehead atoms. The van der Waals surface area contributed by atoms with Crippen LogP contribution in [0.1, 0.15) is 78.2 Å². The van der Waals surface area contributed by atoms with Crippen molar-refractivity contribution in [1.29, 1.82) is 0 Å². The largest absolute Gasteiger partial charge is 0.340 e. The highest BCUT2D eigenvalue weighted by atomic mass is 16.2. The van der Waals surface area contributed by atoms with E-state index in [2.05, 4.69) is 21.4 Å². The summed E-state index contributed by atoms with van der Waals surface area (Å²) in [6.07, 6.45) is 2.75. The van der Waals surface area contributed by atoms with Crippen molar-refractivity contribution in [3.63, 3.8) is 0 Å². The molecule has 26 heavy (non-hydrogen) atoms. The zero-order valence-electron chi connectivity index (χ0n) is 16.2. The molecule has 0 aliphatic heterocycles. The van der Waals surface area contributed by atoms with Crippen molar-refractivity contribution in [1.82, 2.24) is 24.9 Å². The van der Waals surface area contributed by atoms with E-state index in [1.165, 1.54) is 12.8 Å². The zero-order valence-corrected chi connectivity index (χ0v) is 16.2. The van der Waals surface area contributed by atoms with Gasteiger partial charge in [0, 0.05) is 25.1 Å². The van der Waals surface area contributed by atoms with Crippen molar-refractivity contribution >= 4 is 11.7 Å². The molecule has 140 valence electrons. The van der Waals surface area contributed by atoms with Gasteiger partial charge in [-0.15, -0.1) is 0 Å². The van der Waals surface area contributed by atoms with Gasteiger partial charge in [0.1, 0.15) is 0 Å². The molecule has 3 rings (SSSR count). The quantitative estimate of drug-likeness (QED) is 0.772. The molecule has 1 aliphatic carbocycles. The van der Waals surface area contributed by atoms with Crippen LogP contribution in [0, 0.1) is 13.8 Å². The second-order valence-corrected chi connectivity index (χ2v) is 7.44. The van der Waals surface area contributed by atoms with E-state index in [9.17, 15) is 9.59 Å². The first kappa shape index (κ1) is 18.4. The zero-order chi connectivity index (χ0) is 19.0.